The summed E-state index contributed by atoms with van der Waals surface area (Å²) >= 11 is 1.21. The van der Waals surface area contributed by atoms with Gasteiger partial charge in [0.1, 0.15) is 6.04 Å². The number of thioether (sulfide) groups is 1. The van der Waals surface area contributed by atoms with Gasteiger partial charge >= 0.3 is 6.18 Å². The Labute approximate surface area is 117 Å². The lowest BCUT2D eigenvalue weighted by molar-refractivity contribution is -0.137. The lowest BCUT2D eigenvalue weighted by atomic mass is 10.0. The topological polar surface area (TPSA) is 46.2 Å². The summed E-state index contributed by atoms with van der Waals surface area (Å²) in [6.45, 7) is 0. The molecule has 0 bridgehead atoms. The predicted molar refractivity (Wildman–Crippen MR) is 69.9 cm³/mol. The molecule has 1 atom stereocenters. The molecule has 1 N–H and O–H groups in total. The average Bonchev–Trinajstić information content (AvgIpc) is 2.85. The lowest BCUT2D eigenvalue weighted by Gasteiger charge is -2.11. The molecular formula is C13H10F3NO2S. The highest BCUT2D eigenvalue weighted by molar-refractivity contribution is 8.03. The highest BCUT2D eigenvalue weighted by Gasteiger charge is 2.33. The summed E-state index contributed by atoms with van der Waals surface area (Å²) < 4.78 is 38.6. The third kappa shape index (κ3) is 3.10. The van der Waals surface area contributed by atoms with Crippen LogP contribution >= 0.6 is 11.8 Å². The van der Waals surface area contributed by atoms with Crippen molar-refractivity contribution in [2.75, 3.05) is 5.88 Å². The second-order valence-electron chi connectivity index (χ2n) is 4.08. The van der Waals surface area contributed by atoms with Crippen molar-refractivity contribution in [3.8, 4) is 0 Å². The van der Waals surface area contributed by atoms with Crippen molar-refractivity contribution < 1.29 is 22.8 Å². The summed E-state index contributed by atoms with van der Waals surface area (Å²) in [5, 5.41) is 2.77. The lowest BCUT2D eigenvalue weighted by Crippen LogP contribution is -2.32. The van der Waals surface area contributed by atoms with Crippen LogP contribution in [0.3, 0.4) is 0 Å². The summed E-state index contributed by atoms with van der Waals surface area (Å²) in [4.78, 5) is 22.3. The number of aldehydes is 1. The first-order chi connectivity index (χ1) is 9.43. The summed E-state index contributed by atoms with van der Waals surface area (Å²) in [6.07, 6.45) is -2.98. The van der Waals surface area contributed by atoms with E-state index in [-0.39, 0.29) is 11.8 Å². The van der Waals surface area contributed by atoms with E-state index in [2.05, 4.69) is 5.32 Å². The zero-order chi connectivity index (χ0) is 14.8. The van der Waals surface area contributed by atoms with E-state index in [0.717, 1.165) is 6.07 Å². The highest BCUT2D eigenvalue weighted by atomic mass is 32.2. The Hall–Kier alpha value is -1.60. The van der Waals surface area contributed by atoms with E-state index in [0.29, 0.717) is 10.8 Å². The largest absolute Gasteiger partial charge is 0.416 e. The normalized spacial score (nSPS) is 21.1. The Morgan fingerprint density at radius 3 is 2.70 bits per heavy atom. The molecule has 0 saturated carbocycles. The maximum Gasteiger partial charge on any atom is 0.416 e. The number of rotatable bonds is 3. The number of benzene rings is 1. The van der Waals surface area contributed by atoms with E-state index in [9.17, 15) is 22.8 Å². The fraction of sp³-hybridized carbons (Fsp3) is 0.231. The van der Waals surface area contributed by atoms with E-state index in [1.165, 1.54) is 36.0 Å². The number of carbonyl (C=O) groups excluding carboxylic acids is 2. The molecule has 1 heterocycles. The molecule has 106 valence electrons. The van der Waals surface area contributed by atoms with Gasteiger partial charge in [-0.1, -0.05) is 18.2 Å². The zero-order valence-electron chi connectivity index (χ0n) is 10.1. The monoisotopic (exact) mass is 301 g/mol. The number of hydrogen-bond acceptors (Lipinski definition) is 4. The van der Waals surface area contributed by atoms with Crippen LogP contribution in [-0.2, 0) is 15.8 Å². The molecule has 1 aromatic rings. The molecule has 0 spiro atoms. The van der Waals surface area contributed by atoms with Crippen LogP contribution in [0.4, 0.5) is 13.2 Å². The van der Waals surface area contributed by atoms with Crippen molar-refractivity contribution in [2.24, 2.45) is 0 Å². The molecule has 1 unspecified atom stereocenters. The van der Waals surface area contributed by atoms with Gasteiger partial charge in [0.15, 0.2) is 6.29 Å². The van der Waals surface area contributed by atoms with E-state index < -0.39 is 23.6 Å². The number of nitrogens with one attached hydrogen (secondary N) is 1. The Balaban J connectivity index is 2.40. The van der Waals surface area contributed by atoms with E-state index >= 15 is 0 Å². The van der Waals surface area contributed by atoms with Gasteiger partial charge in [0, 0.05) is 10.8 Å². The Morgan fingerprint density at radius 1 is 1.35 bits per heavy atom. The Kier molecular flexibility index (Phi) is 4.29. The summed E-state index contributed by atoms with van der Waals surface area (Å²) in [7, 11) is 0. The minimum absolute atomic E-state index is 0.0186. The smallest absolute Gasteiger partial charge is 0.295 e. The molecule has 0 amide bonds. The van der Waals surface area contributed by atoms with Gasteiger partial charge in [-0.3, -0.25) is 14.9 Å². The fourth-order valence-corrected chi connectivity index (χ4v) is 2.85. The molecule has 1 saturated heterocycles. The van der Waals surface area contributed by atoms with Crippen molar-refractivity contribution in [1.29, 1.82) is 0 Å². The van der Waals surface area contributed by atoms with Crippen LogP contribution in [0.25, 0.3) is 6.08 Å². The molecule has 20 heavy (non-hydrogen) atoms. The van der Waals surface area contributed by atoms with Crippen molar-refractivity contribution in [2.45, 2.75) is 12.2 Å². The van der Waals surface area contributed by atoms with Gasteiger partial charge in [-0.2, -0.15) is 13.2 Å². The maximum absolute atomic E-state index is 12.9. The first-order valence-corrected chi connectivity index (χ1v) is 6.65. The van der Waals surface area contributed by atoms with Crippen LogP contribution in [-0.4, -0.2) is 24.0 Å². The molecule has 0 radical (unpaired) electrons. The van der Waals surface area contributed by atoms with Crippen LogP contribution < -0.4 is 5.32 Å². The number of hydrogen-bond donors (Lipinski definition) is 1. The number of carbonyl (C=O) groups is 2. The summed E-state index contributed by atoms with van der Waals surface area (Å²) in [6, 6.07) is 4.26. The molecule has 3 nitrogen and oxygen atoms in total. The van der Waals surface area contributed by atoms with Crippen LogP contribution in [0.15, 0.2) is 29.2 Å². The van der Waals surface area contributed by atoms with Gasteiger partial charge in [-0.05, 0) is 17.7 Å². The second kappa shape index (κ2) is 5.80. The van der Waals surface area contributed by atoms with E-state index in [4.69, 9.17) is 0 Å². The molecular weight excluding hydrogens is 291 g/mol. The van der Waals surface area contributed by atoms with Crippen molar-refractivity contribution in [3.05, 3.63) is 40.3 Å². The SMILES string of the molecule is O=CC(=O)C1NCSC1=Cc1ccccc1C(F)(F)F. The summed E-state index contributed by atoms with van der Waals surface area (Å²) in [5.41, 5.74) is -0.785. The van der Waals surface area contributed by atoms with Gasteiger partial charge in [-0.15, -0.1) is 11.8 Å². The molecule has 1 fully saturated rings. The first kappa shape index (κ1) is 14.8. The maximum atomic E-state index is 12.9. The van der Waals surface area contributed by atoms with Gasteiger partial charge < -0.3 is 0 Å². The quantitative estimate of drug-likeness (QED) is 0.688. The predicted octanol–water partition coefficient (Wildman–Crippen LogP) is 2.48. The molecule has 1 aliphatic heterocycles. The van der Waals surface area contributed by atoms with Gasteiger partial charge in [0.05, 0.1) is 5.56 Å². The van der Waals surface area contributed by atoms with Crippen LogP contribution in [0.5, 0.6) is 0 Å². The second-order valence-corrected chi connectivity index (χ2v) is 5.13. The molecule has 7 heteroatoms. The fourth-order valence-electron chi connectivity index (χ4n) is 1.86. The highest BCUT2D eigenvalue weighted by Crippen LogP contribution is 2.35. The van der Waals surface area contributed by atoms with Crippen LogP contribution in [0.1, 0.15) is 11.1 Å². The van der Waals surface area contributed by atoms with Gasteiger partial charge in [0.25, 0.3) is 0 Å². The number of Topliss-reactive ketones (excluding diaryl/α,β-unsaturated/α-hetero) is 1. The number of ketones is 1. The molecule has 0 aliphatic carbocycles. The van der Waals surface area contributed by atoms with Crippen LogP contribution in [0.2, 0.25) is 0 Å². The molecule has 1 aromatic carbocycles. The zero-order valence-corrected chi connectivity index (χ0v) is 10.9. The van der Waals surface area contributed by atoms with Crippen LogP contribution in [0, 0.1) is 0 Å². The summed E-state index contributed by atoms with van der Waals surface area (Å²) in [5.74, 6) is -0.310. The van der Waals surface area contributed by atoms with E-state index in [1.807, 2.05) is 0 Å². The minimum atomic E-state index is -4.46. The number of halogens is 3. The minimum Gasteiger partial charge on any atom is -0.295 e. The molecule has 2 rings (SSSR count). The van der Waals surface area contributed by atoms with Crippen molar-refractivity contribution in [1.82, 2.24) is 5.32 Å². The standard InChI is InChI=1S/C13H10F3NO2S/c14-13(15,16)9-4-2-1-3-8(9)5-11-12(10(19)6-18)17-7-20-11/h1-6,12,17H,7H2. The third-order valence-electron chi connectivity index (χ3n) is 2.78. The van der Waals surface area contributed by atoms with Crippen molar-refractivity contribution in [3.63, 3.8) is 0 Å². The van der Waals surface area contributed by atoms with E-state index in [1.54, 1.807) is 0 Å². The molecule has 0 aromatic heterocycles. The van der Waals surface area contributed by atoms with Gasteiger partial charge in [0.2, 0.25) is 5.78 Å². The molecule has 1 aliphatic rings. The Bertz CT molecular complexity index is 569. The number of alkyl halides is 3. The average molecular weight is 301 g/mol. The van der Waals surface area contributed by atoms with Crippen molar-refractivity contribution >= 4 is 29.9 Å². The Morgan fingerprint density at radius 2 is 2.05 bits per heavy atom. The van der Waals surface area contributed by atoms with Gasteiger partial charge in [-0.25, -0.2) is 0 Å². The first-order valence-electron chi connectivity index (χ1n) is 5.66. The third-order valence-corrected chi connectivity index (χ3v) is 3.77.